The van der Waals surface area contributed by atoms with Gasteiger partial charge in [0.25, 0.3) is 0 Å². The van der Waals surface area contributed by atoms with E-state index in [1.54, 1.807) is 12.1 Å². The molecular formula is C25H35FO5S. The maximum Gasteiger partial charge on any atom is 0.201 e. The fourth-order valence-electron chi connectivity index (χ4n) is 6.19. The van der Waals surface area contributed by atoms with Crippen molar-refractivity contribution in [3.05, 3.63) is 35.6 Å². The van der Waals surface area contributed by atoms with Crippen LogP contribution in [-0.4, -0.2) is 35.5 Å². The van der Waals surface area contributed by atoms with E-state index in [0.717, 1.165) is 37.0 Å². The first-order valence-corrected chi connectivity index (χ1v) is 13.1. The van der Waals surface area contributed by atoms with E-state index in [1.807, 2.05) is 18.7 Å². The van der Waals surface area contributed by atoms with Crippen LogP contribution in [0, 0.1) is 29.5 Å². The predicted molar refractivity (Wildman–Crippen MR) is 120 cm³/mol. The van der Waals surface area contributed by atoms with Gasteiger partial charge in [0, 0.05) is 18.9 Å². The van der Waals surface area contributed by atoms with Crippen molar-refractivity contribution < 1.29 is 28.4 Å². The van der Waals surface area contributed by atoms with Crippen molar-refractivity contribution in [2.75, 3.05) is 12.4 Å². The van der Waals surface area contributed by atoms with Crippen molar-refractivity contribution in [3.8, 4) is 0 Å². The van der Waals surface area contributed by atoms with Gasteiger partial charge in [0.2, 0.25) is 5.79 Å². The Morgan fingerprint density at radius 3 is 2.72 bits per heavy atom. The molecule has 4 saturated heterocycles. The number of thioether (sulfide) groups is 1. The smallest absolute Gasteiger partial charge is 0.201 e. The molecule has 1 aromatic rings. The minimum Gasteiger partial charge on any atom is -0.377 e. The van der Waals surface area contributed by atoms with Crippen LogP contribution in [0.1, 0.15) is 58.4 Å². The van der Waals surface area contributed by atoms with E-state index in [1.165, 1.54) is 18.6 Å². The zero-order valence-corrected chi connectivity index (χ0v) is 20.1. The van der Waals surface area contributed by atoms with Gasteiger partial charge in [-0.3, -0.25) is 0 Å². The zero-order valence-electron chi connectivity index (χ0n) is 19.3. The molecule has 7 heteroatoms. The van der Waals surface area contributed by atoms with Crippen LogP contribution in [0.2, 0.25) is 0 Å². The number of benzene rings is 1. The summed E-state index contributed by atoms with van der Waals surface area (Å²) < 4.78 is 31.8. The summed E-state index contributed by atoms with van der Waals surface area (Å²) in [5, 5.41) is 0. The second-order valence-corrected chi connectivity index (χ2v) is 11.4. The van der Waals surface area contributed by atoms with Crippen molar-refractivity contribution in [1.29, 1.82) is 0 Å². The lowest BCUT2D eigenvalue weighted by molar-refractivity contribution is -0.568. The van der Waals surface area contributed by atoms with Crippen LogP contribution in [0.4, 0.5) is 4.39 Å². The molecule has 4 aliphatic heterocycles. The molecule has 6 rings (SSSR count). The molecule has 1 saturated carbocycles. The van der Waals surface area contributed by atoms with E-state index < -0.39 is 11.4 Å². The Morgan fingerprint density at radius 2 is 1.91 bits per heavy atom. The maximum atomic E-state index is 13.0. The molecule has 5 nitrogen and oxygen atoms in total. The lowest BCUT2D eigenvalue weighted by Gasteiger charge is -2.60. The lowest BCUT2D eigenvalue weighted by Crippen LogP contribution is -2.70. The van der Waals surface area contributed by atoms with Gasteiger partial charge in [-0.15, -0.1) is 11.8 Å². The molecule has 2 bridgehead atoms. The van der Waals surface area contributed by atoms with E-state index in [-0.39, 0.29) is 17.5 Å². The van der Waals surface area contributed by atoms with Crippen LogP contribution < -0.4 is 0 Å². The van der Waals surface area contributed by atoms with Crippen molar-refractivity contribution in [3.63, 3.8) is 0 Å². The van der Waals surface area contributed by atoms with Gasteiger partial charge >= 0.3 is 0 Å². The van der Waals surface area contributed by atoms with Crippen LogP contribution >= 0.6 is 11.8 Å². The molecular weight excluding hydrogens is 431 g/mol. The largest absolute Gasteiger partial charge is 0.377 e. The standard InChI is InChI=1S/C25H35FO5S/c1-16-5-10-21-17(2)22(32-14-4-13-27-15-18-6-8-19(26)9-7-18)28-23-25(21)20(16)11-12-24(3,29-23)30-31-25/h6-9,16-17,20-23H,4-5,10-15H2,1-3H3/t16-,17-,20+,21+,22+,23?,24+,25-/m1/s1. The van der Waals surface area contributed by atoms with Crippen molar-refractivity contribution in [2.24, 2.45) is 23.7 Å². The molecule has 0 amide bonds. The molecule has 5 aliphatic rings. The third-order valence-electron chi connectivity index (χ3n) is 7.99. The van der Waals surface area contributed by atoms with Gasteiger partial charge in [-0.25, -0.2) is 14.2 Å². The minimum atomic E-state index is -0.721. The molecule has 0 radical (unpaired) electrons. The second-order valence-electron chi connectivity index (χ2n) is 10.2. The Morgan fingerprint density at radius 1 is 1.09 bits per heavy atom. The minimum absolute atomic E-state index is 0.0772. The summed E-state index contributed by atoms with van der Waals surface area (Å²) in [5.41, 5.74) is 0.585. The average Bonchev–Trinajstić information content (AvgIpc) is 3.01. The zero-order chi connectivity index (χ0) is 22.3. The SMILES string of the molecule is C[C@H]1[C@H](SCCCOCc2ccc(F)cc2)OC2O[C@]3(C)CC[C@H]4[C@H](C)CC[C@@H]1[C@@]24OO3. The van der Waals surface area contributed by atoms with E-state index in [2.05, 4.69) is 13.8 Å². The first kappa shape index (κ1) is 23.1. The maximum absolute atomic E-state index is 13.0. The van der Waals surface area contributed by atoms with E-state index in [4.69, 9.17) is 24.0 Å². The number of halogens is 1. The third-order valence-corrected chi connectivity index (χ3v) is 9.39. The van der Waals surface area contributed by atoms with Crippen LogP contribution in [0.15, 0.2) is 24.3 Å². The molecule has 0 aromatic heterocycles. The molecule has 1 unspecified atom stereocenters. The monoisotopic (exact) mass is 466 g/mol. The molecule has 178 valence electrons. The molecule has 32 heavy (non-hydrogen) atoms. The van der Waals surface area contributed by atoms with Gasteiger partial charge in [0.15, 0.2) is 11.9 Å². The van der Waals surface area contributed by atoms with Crippen molar-refractivity contribution >= 4 is 11.8 Å². The summed E-state index contributed by atoms with van der Waals surface area (Å²) in [5.74, 6) is 1.74. The normalized spacial score (nSPS) is 43.0. The van der Waals surface area contributed by atoms with Gasteiger partial charge in [-0.1, -0.05) is 26.0 Å². The quantitative estimate of drug-likeness (QED) is 0.381. The molecule has 4 heterocycles. The molecule has 0 N–H and O–H groups in total. The summed E-state index contributed by atoms with van der Waals surface area (Å²) in [6.45, 7) is 7.80. The average molecular weight is 467 g/mol. The first-order chi connectivity index (χ1) is 15.4. The molecule has 1 aromatic carbocycles. The Bertz CT molecular complexity index is 793. The fourth-order valence-corrected chi connectivity index (χ4v) is 7.38. The predicted octanol–water partition coefficient (Wildman–Crippen LogP) is 5.67. The van der Waals surface area contributed by atoms with Crippen LogP contribution in [0.5, 0.6) is 0 Å². The van der Waals surface area contributed by atoms with Gasteiger partial charge in [-0.05, 0) is 73.8 Å². The highest BCUT2D eigenvalue weighted by molar-refractivity contribution is 7.99. The molecule has 8 atom stereocenters. The number of hydrogen-bond acceptors (Lipinski definition) is 6. The Labute approximate surface area is 194 Å². The first-order valence-electron chi connectivity index (χ1n) is 12.1. The third kappa shape index (κ3) is 4.14. The van der Waals surface area contributed by atoms with Gasteiger partial charge in [-0.2, -0.15) is 0 Å². The molecule has 5 fully saturated rings. The second kappa shape index (κ2) is 9.16. The highest BCUT2D eigenvalue weighted by Crippen LogP contribution is 2.61. The van der Waals surface area contributed by atoms with E-state index in [0.29, 0.717) is 36.9 Å². The van der Waals surface area contributed by atoms with Crippen LogP contribution in [0.25, 0.3) is 0 Å². The lowest BCUT2D eigenvalue weighted by atomic mass is 9.58. The highest BCUT2D eigenvalue weighted by Gasteiger charge is 2.69. The van der Waals surface area contributed by atoms with Crippen LogP contribution in [-0.2, 0) is 30.6 Å². The highest BCUT2D eigenvalue weighted by atomic mass is 32.2. The Balaban J connectivity index is 1.17. The van der Waals surface area contributed by atoms with Gasteiger partial charge in [0.1, 0.15) is 11.3 Å². The fraction of sp³-hybridized carbons (Fsp3) is 0.760. The number of hydrogen-bond donors (Lipinski definition) is 0. The van der Waals surface area contributed by atoms with Gasteiger partial charge in [0.05, 0.1) is 6.61 Å². The van der Waals surface area contributed by atoms with Crippen molar-refractivity contribution in [1.82, 2.24) is 0 Å². The summed E-state index contributed by atoms with van der Waals surface area (Å²) >= 11 is 1.86. The van der Waals surface area contributed by atoms with Crippen LogP contribution in [0.3, 0.4) is 0 Å². The van der Waals surface area contributed by atoms with E-state index in [9.17, 15) is 4.39 Å². The molecule has 1 spiro atoms. The number of ether oxygens (including phenoxy) is 3. The number of fused-ring (bicyclic) bond motifs is 2. The van der Waals surface area contributed by atoms with Gasteiger partial charge < -0.3 is 14.2 Å². The topological polar surface area (TPSA) is 46.2 Å². The summed E-state index contributed by atoms with van der Waals surface area (Å²) in [7, 11) is 0. The summed E-state index contributed by atoms with van der Waals surface area (Å²) in [6, 6.07) is 6.47. The van der Waals surface area contributed by atoms with Crippen molar-refractivity contribution in [2.45, 2.75) is 82.6 Å². The molecule has 1 aliphatic carbocycles. The summed E-state index contributed by atoms with van der Waals surface area (Å²) in [6.07, 6.45) is 4.82. The Kier molecular flexibility index (Phi) is 6.60. The Hall–Kier alpha value is -0.700. The van der Waals surface area contributed by atoms with E-state index >= 15 is 0 Å². The summed E-state index contributed by atoms with van der Waals surface area (Å²) in [4.78, 5) is 12.1. The number of rotatable bonds is 7.